The van der Waals surface area contributed by atoms with Crippen molar-refractivity contribution >= 4 is 21.6 Å². The smallest absolute Gasteiger partial charge is 0.150 e. The van der Waals surface area contributed by atoms with Gasteiger partial charge in [0.2, 0.25) is 0 Å². The minimum atomic E-state index is -0.694. The van der Waals surface area contributed by atoms with E-state index >= 15 is 0 Å². The molecule has 0 heterocycles. The predicted molar refractivity (Wildman–Crippen MR) is 72.5 cm³/mol. The second-order valence-corrected chi connectivity index (χ2v) is 5.02. The van der Waals surface area contributed by atoms with E-state index in [1.165, 1.54) is 18.2 Å². The van der Waals surface area contributed by atoms with Gasteiger partial charge >= 0.3 is 0 Å². The normalized spacial score (nSPS) is 10.6. The number of anilines is 1. The molecule has 2 aromatic rings. The lowest BCUT2D eigenvalue weighted by atomic mass is 10.1. The molecular weight excluding hydrogens is 319 g/mol. The fourth-order valence-electron chi connectivity index (χ4n) is 1.73. The maximum Gasteiger partial charge on any atom is 0.150 e. The fourth-order valence-corrected chi connectivity index (χ4v) is 2.27. The van der Waals surface area contributed by atoms with Crippen molar-refractivity contribution in [2.45, 2.75) is 13.5 Å². The molecule has 0 saturated carbocycles. The molecule has 0 radical (unpaired) electrons. The highest BCUT2D eigenvalue weighted by atomic mass is 79.9. The van der Waals surface area contributed by atoms with E-state index in [0.717, 1.165) is 17.2 Å². The molecule has 1 nitrogen and oxygen atoms in total. The molecule has 0 saturated heterocycles. The number of benzene rings is 2. The zero-order valence-corrected chi connectivity index (χ0v) is 11.7. The number of nitrogens with one attached hydrogen (secondary N) is 1. The highest BCUT2D eigenvalue weighted by molar-refractivity contribution is 9.10. The zero-order chi connectivity index (χ0) is 14.0. The summed E-state index contributed by atoms with van der Waals surface area (Å²) in [5, 5.41) is 2.84. The molecule has 0 unspecified atom stereocenters. The quantitative estimate of drug-likeness (QED) is 0.853. The van der Waals surface area contributed by atoms with Gasteiger partial charge in [-0.05, 0) is 52.2 Å². The average molecular weight is 330 g/mol. The molecule has 2 rings (SSSR count). The molecule has 0 aromatic heterocycles. The van der Waals surface area contributed by atoms with Crippen LogP contribution in [0.4, 0.5) is 18.9 Å². The molecule has 19 heavy (non-hydrogen) atoms. The summed E-state index contributed by atoms with van der Waals surface area (Å²) in [4.78, 5) is 0. The Balaban J connectivity index is 2.21. The summed E-state index contributed by atoms with van der Waals surface area (Å²) in [7, 11) is 0. The van der Waals surface area contributed by atoms with Crippen molar-refractivity contribution in [3.63, 3.8) is 0 Å². The second-order valence-electron chi connectivity index (χ2n) is 4.17. The van der Waals surface area contributed by atoms with Crippen LogP contribution < -0.4 is 5.32 Å². The van der Waals surface area contributed by atoms with E-state index in [1.807, 2.05) is 6.92 Å². The van der Waals surface area contributed by atoms with Gasteiger partial charge in [0.25, 0.3) is 0 Å². The van der Waals surface area contributed by atoms with Crippen molar-refractivity contribution in [1.82, 2.24) is 0 Å². The maximum atomic E-state index is 13.6. The van der Waals surface area contributed by atoms with Crippen LogP contribution in [0.3, 0.4) is 0 Å². The largest absolute Gasteiger partial charge is 0.378 e. The van der Waals surface area contributed by atoms with Crippen LogP contribution in [0.5, 0.6) is 0 Å². The second kappa shape index (κ2) is 5.65. The minimum absolute atomic E-state index is 0.157. The van der Waals surface area contributed by atoms with Crippen molar-refractivity contribution in [3.05, 3.63) is 63.4 Å². The molecule has 0 amide bonds. The standard InChI is InChI=1S/C14H11BrF3N/c1-8-2-3-10(16)4-9(8)7-19-14-12(15)5-11(17)6-13(14)18/h2-6,19H,7H2,1H3. The number of hydrogen-bond donors (Lipinski definition) is 1. The molecule has 0 fully saturated rings. The van der Waals surface area contributed by atoms with E-state index in [1.54, 1.807) is 6.07 Å². The highest BCUT2D eigenvalue weighted by Gasteiger charge is 2.10. The summed E-state index contributed by atoms with van der Waals surface area (Å²) in [6.07, 6.45) is 0. The Labute approximate surface area is 117 Å². The van der Waals surface area contributed by atoms with E-state index in [-0.39, 0.29) is 18.0 Å². The highest BCUT2D eigenvalue weighted by Crippen LogP contribution is 2.27. The van der Waals surface area contributed by atoms with E-state index in [4.69, 9.17) is 0 Å². The minimum Gasteiger partial charge on any atom is -0.378 e. The lowest BCUT2D eigenvalue weighted by Crippen LogP contribution is -2.04. The van der Waals surface area contributed by atoms with Crippen molar-refractivity contribution in [2.75, 3.05) is 5.32 Å². The topological polar surface area (TPSA) is 12.0 Å². The first-order chi connectivity index (χ1) is 8.97. The molecule has 5 heteroatoms. The van der Waals surface area contributed by atoms with Gasteiger partial charge in [-0.15, -0.1) is 0 Å². The summed E-state index contributed by atoms with van der Waals surface area (Å²) in [6.45, 7) is 2.09. The predicted octanol–water partition coefficient (Wildman–Crippen LogP) is 4.79. The Hall–Kier alpha value is -1.49. The molecular formula is C14H11BrF3N. The van der Waals surface area contributed by atoms with Gasteiger partial charge in [0, 0.05) is 17.1 Å². The van der Waals surface area contributed by atoms with E-state index in [9.17, 15) is 13.2 Å². The van der Waals surface area contributed by atoms with E-state index in [2.05, 4.69) is 21.2 Å². The lowest BCUT2D eigenvalue weighted by Gasteiger charge is -2.12. The van der Waals surface area contributed by atoms with E-state index in [0.29, 0.717) is 4.47 Å². The number of halogens is 4. The first-order valence-electron chi connectivity index (χ1n) is 5.61. The van der Waals surface area contributed by atoms with Crippen molar-refractivity contribution in [2.24, 2.45) is 0 Å². The summed E-state index contributed by atoms with van der Waals surface area (Å²) in [5.74, 6) is -1.70. The third-order valence-electron chi connectivity index (χ3n) is 2.77. The van der Waals surface area contributed by atoms with Gasteiger partial charge < -0.3 is 5.32 Å². The Morgan fingerprint density at radius 2 is 1.79 bits per heavy atom. The third-order valence-corrected chi connectivity index (χ3v) is 3.40. The van der Waals surface area contributed by atoms with Gasteiger partial charge in [-0.1, -0.05) is 6.07 Å². The molecule has 0 aliphatic carbocycles. The fraction of sp³-hybridized carbons (Fsp3) is 0.143. The van der Waals surface area contributed by atoms with Gasteiger partial charge in [0.05, 0.1) is 5.69 Å². The summed E-state index contributed by atoms with van der Waals surface area (Å²) < 4.78 is 39.9. The van der Waals surface area contributed by atoms with Gasteiger partial charge in [-0.25, -0.2) is 13.2 Å². The van der Waals surface area contributed by atoms with Crippen molar-refractivity contribution in [1.29, 1.82) is 0 Å². The summed E-state index contributed by atoms with van der Waals surface area (Å²) >= 11 is 3.09. The number of aryl methyl sites for hydroxylation is 1. The van der Waals surface area contributed by atoms with Crippen LogP contribution in [0.25, 0.3) is 0 Å². The van der Waals surface area contributed by atoms with Gasteiger partial charge in [0.15, 0.2) is 0 Å². The van der Waals surface area contributed by atoms with Crippen LogP contribution in [0.1, 0.15) is 11.1 Å². The van der Waals surface area contributed by atoms with Crippen LogP contribution in [0.15, 0.2) is 34.8 Å². The van der Waals surface area contributed by atoms with Gasteiger partial charge in [-0.2, -0.15) is 0 Å². The van der Waals surface area contributed by atoms with Crippen LogP contribution >= 0.6 is 15.9 Å². The van der Waals surface area contributed by atoms with Crippen LogP contribution in [0, 0.1) is 24.4 Å². The molecule has 100 valence electrons. The Morgan fingerprint density at radius 1 is 1.05 bits per heavy atom. The molecule has 0 spiro atoms. The Morgan fingerprint density at radius 3 is 2.47 bits per heavy atom. The van der Waals surface area contributed by atoms with Crippen LogP contribution in [-0.4, -0.2) is 0 Å². The van der Waals surface area contributed by atoms with E-state index < -0.39 is 11.6 Å². The van der Waals surface area contributed by atoms with Gasteiger partial charge in [0.1, 0.15) is 17.5 Å². The maximum absolute atomic E-state index is 13.6. The monoisotopic (exact) mass is 329 g/mol. The molecule has 2 aromatic carbocycles. The third kappa shape index (κ3) is 3.29. The number of hydrogen-bond acceptors (Lipinski definition) is 1. The number of rotatable bonds is 3. The van der Waals surface area contributed by atoms with Crippen LogP contribution in [0.2, 0.25) is 0 Å². The molecule has 0 atom stereocenters. The first kappa shape index (κ1) is 13.9. The summed E-state index contributed by atoms with van der Waals surface area (Å²) in [6, 6.07) is 6.38. The van der Waals surface area contributed by atoms with Crippen LogP contribution in [-0.2, 0) is 6.54 Å². The van der Waals surface area contributed by atoms with Crippen molar-refractivity contribution < 1.29 is 13.2 Å². The van der Waals surface area contributed by atoms with Crippen molar-refractivity contribution in [3.8, 4) is 0 Å². The van der Waals surface area contributed by atoms with Gasteiger partial charge in [-0.3, -0.25) is 0 Å². The summed E-state index contributed by atoms with van der Waals surface area (Å²) in [5.41, 5.74) is 1.77. The molecule has 1 N–H and O–H groups in total. The first-order valence-corrected chi connectivity index (χ1v) is 6.40. The Kier molecular flexibility index (Phi) is 4.14. The molecule has 0 aliphatic heterocycles. The average Bonchev–Trinajstić information content (AvgIpc) is 2.32. The molecule has 0 bridgehead atoms. The SMILES string of the molecule is Cc1ccc(F)cc1CNc1c(F)cc(F)cc1Br. The lowest BCUT2D eigenvalue weighted by molar-refractivity contribution is 0.583. The molecule has 0 aliphatic rings. The Bertz CT molecular complexity index is 591. The zero-order valence-electron chi connectivity index (χ0n) is 10.1.